The van der Waals surface area contributed by atoms with Crippen LogP contribution in [-0.4, -0.2) is 25.8 Å². The number of ether oxygens (including phenoxy) is 1. The van der Waals surface area contributed by atoms with E-state index < -0.39 is 11.7 Å². The summed E-state index contributed by atoms with van der Waals surface area (Å²) in [5, 5.41) is 2.29. The second kappa shape index (κ2) is 4.59. The van der Waals surface area contributed by atoms with Crippen LogP contribution in [0.25, 0.3) is 0 Å². The summed E-state index contributed by atoms with van der Waals surface area (Å²) in [6.45, 7) is 1.85. The third kappa shape index (κ3) is 2.34. The highest BCUT2D eigenvalue weighted by Gasteiger charge is 2.18. The van der Waals surface area contributed by atoms with E-state index in [4.69, 9.17) is 4.74 Å². The van der Waals surface area contributed by atoms with Crippen molar-refractivity contribution in [1.29, 1.82) is 0 Å². The fourth-order valence-electron chi connectivity index (χ4n) is 1.24. The topological polar surface area (TPSA) is 55.4 Å². The van der Waals surface area contributed by atoms with E-state index in [1.807, 2.05) is 13.0 Å². The first-order valence-corrected chi connectivity index (χ1v) is 4.51. The first-order chi connectivity index (χ1) is 7.10. The number of Topliss-reactive ketones (excluding diaryl/α,β-unsaturated/α-hetero) is 1. The van der Waals surface area contributed by atoms with Crippen LogP contribution >= 0.6 is 0 Å². The third-order valence-corrected chi connectivity index (χ3v) is 2.03. The average Bonchev–Trinajstić information content (AvgIpc) is 2.27. The zero-order chi connectivity index (χ0) is 11.4. The number of aryl methyl sites for hydroxylation is 1. The van der Waals surface area contributed by atoms with Crippen molar-refractivity contribution in [2.75, 3.05) is 14.2 Å². The number of nitrogens with one attached hydrogen (secondary N) is 1. The zero-order valence-corrected chi connectivity index (χ0v) is 8.96. The van der Waals surface area contributed by atoms with Crippen LogP contribution in [-0.2, 0) is 4.79 Å². The summed E-state index contributed by atoms with van der Waals surface area (Å²) >= 11 is 0. The Morgan fingerprint density at radius 1 is 1.33 bits per heavy atom. The molecule has 0 atom stereocenters. The van der Waals surface area contributed by atoms with Gasteiger partial charge < -0.3 is 10.1 Å². The van der Waals surface area contributed by atoms with Gasteiger partial charge >= 0.3 is 0 Å². The maximum atomic E-state index is 11.6. The van der Waals surface area contributed by atoms with E-state index in [2.05, 4.69) is 5.32 Å². The van der Waals surface area contributed by atoms with Gasteiger partial charge in [-0.3, -0.25) is 9.59 Å². The highest BCUT2D eigenvalue weighted by atomic mass is 16.5. The number of methoxy groups -OCH3 is 1. The van der Waals surface area contributed by atoms with Crippen molar-refractivity contribution >= 4 is 11.7 Å². The number of likely N-dealkylation sites (N-methyl/N-ethyl adjacent to an activating group) is 1. The van der Waals surface area contributed by atoms with Crippen molar-refractivity contribution < 1.29 is 14.3 Å². The number of ketones is 1. The molecule has 0 unspecified atom stereocenters. The van der Waals surface area contributed by atoms with Gasteiger partial charge in [0.1, 0.15) is 5.75 Å². The summed E-state index contributed by atoms with van der Waals surface area (Å²) in [6.07, 6.45) is 0. The number of rotatable bonds is 3. The molecule has 1 rings (SSSR count). The minimum absolute atomic E-state index is 0.289. The van der Waals surface area contributed by atoms with Crippen LogP contribution in [0.2, 0.25) is 0 Å². The summed E-state index contributed by atoms with van der Waals surface area (Å²) in [5.74, 6) is -0.814. The zero-order valence-electron chi connectivity index (χ0n) is 8.96. The van der Waals surface area contributed by atoms with Crippen LogP contribution < -0.4 is 10.1 Å². The lowest BCUT2D eigenvalue weighted by molar-refractivity contribution is -0.116. The van der Waals surface area contributed by atoms with Crippen molar-refractivity contribution in [3.05, 3.63) is 29.3 Å². The summed E-state index contributed by atoms with van der Waals surface area (Å²) in [6, 6.07) is 5.13. The van der Waals surface area contributed by atoms with Crippen LogP contribution in [0.3, 0.4) is 0 Å². The molecule has 0 aliphatic rings. The number of carbonyl (C=O) groups excluding carboxylic acids is 2. The minimum atomic E-state index is -0.640. The van der Waals surface area contributed by atoms with Gasteiger partial charge in [-0.2, -0.15) is 0 Å². The molecular weight excluding hydrogens is 194 g/mol. The normalized spacial score (nSPS) is 9.53. The van der Waals surface area contributed by atoms with E-state index in [9.17, 15) is 9.59 Å². The molecule has 0 saturated carbocycles. The lowest BCUT2D eigenvalue weighted by Crippen LogP contribution is -2.27. The fourth-order valence-corrected chi connectivity index (χ4v) is 1.24. The van der Waals surface area contributed by atoms with Gasteiger partial charge in [0.05, 0.1) is 12.7 Å². The molecule has 0 aromatic heterocycles. The van der Waals surface area contributed by atoms with E-state index in [1.54, 1.807) is 12.1 Å². The Morgan fingerprint density at radius 2 is 2.00 bits per heavy atom. The molecule has 0 aliphatic carbocycles. The number of hydrogen-bond donors (Lipinski definition) is 1. The number of amides is 1. The Labute approximate surface area is 88.2 Å². The molecule has 15 heavy (non-hydrogen) atoms. The second-order valence-corrected chi connectivity index (χ2v) is 3.11. The van der Waals surface area contributed by atoms with Gasteiger partial charge in [0, 0.05) is 7.05 Å². The molecule has 1 N–H and O–H groups in total. The van der Waals surface area contributed by atoms with Crippen LogP contribution in [0, 0.1) is 6.92 Å². The molecule has 0 radical (unpaired) electrons. The molecule has 1 aromatic rings. The number of benzene rings is 1. The Hall–Kier alpha value is -1.84. The smallest absolute Gasteiger partial charge is 0.292 e. The predicted octanol–water partition coefficient (Wildman–Crippen LogP) is 0.932. The molecule has 0 saturated heterocycles. The Balaban J connectivity index is 3.17. The maximum absolute atomic E-state index is 11.6. The quantitative estimate of drug-likeness (QED) is 0.592. The van der Waals surface area contributed by atoms with Crippen LogP contribution in [0.4, 0.5) is 0 Å². The summed E-state index contributed by atoms with van der Waals surface area (Å²) in [5.41, 5.74) is 1.19. The Morgan fingerprint density at radius 3 is 2.53 bits per heavy atom. The van der Waals surface area contributed by atoms with Gasteiger partial charge in [0.2, 0.25) is 0 Å². The van der Waals surface area contributed by atoms with E-state index in [0.29, 0.717) is 5.75 Å². The van der Waals surface area contributed by atoms with Gasteiger partial charge in [-0.1, -0.05) is 11.6 Å². The van der Waals surface area contributed by atoms with Gasteiger partial charge in [0.15, 0.2) is 0 Å². The van der Waals surface area contributed by atoms with Crippen LogP contribution in [0.5, 0.6) is 5.75 Å². The SMILES string of the molecule is CNC(=O)C(=O)c1cc(C)ccc1OC. The maximum Gasteiger partial charge on any atom is 0.292 e. The van der Waals surface area contributed by atoms with Crippen LogP contribution in [0.1, 0.15) is 15.9 Å². The second-order valence-electron chi connectivity index (χ2n) is 3.11. The molecule has 80 valence electrons. The molecular formula is C11H13NO3. The van der Waals surface area contributed by atoms with E-state index >= 15 is 0 Å². The van der Waals surface area contributed by atoms with E-state index in [1.165, 1.54) is 14.2 Å². The molecule has 0 aliphatic heterocycles. The van der Waals surface area contributed by atoms with Gasteiger partial charge in [-0.25, -0.2) is 0 Å². The summed E-state index contributed by atoms with van der Waals surface area (Å²) < 4.78 is 5.02. The molecule has 4 heteroatoms. The molecule has 0 fully saturated rings. The third-order valence-electron chi connectivity index (χ3n) is 2.03. The molecule has 0 bridgehead atoms. The first kappa shape index (κ1) is 11.2. The highest BCUT2D eigenvalue weighted by molar-refractivity contribution is 6.43. The van der Waals surface area contributed by atoms with Crippen molar-refractivity contribution in [2.24, 2.45) is 0 Å². The summed E-state index contributed by atoms with van der Waals surface area (Å²) in [7, 11) is 2.88. The summed E-state index contributed by atoms with van der Waals surface area (Å²) in [4.78, 5) is 22.8. The lowest BCUT2D eigenvalue weighted by Gasteiger charge is -2.07. The average molecular weight is 207 g/mol. The predicted molar refractivity (Wildman–Crippen MR) is 56.1 cm³/mol. The lowest BCUT2D eigenvalue weighted by atomic mass is 10.1. The molecule has 0 heterocycles. The Bertz CT molecular complexity index is 399. The largest absolute Gasteiger partial charge is 0.496 e. The van der Waals surface area contributed by atoms with Crippen molar-refractivity contribution in [1.82, 2.24) is 5.32 Å². The highest BCUT2D eigenvalue weighted by Crippen LogP contribution is 2.19. The van der Waals surface area contributed by atoms with Crippen molar-refractivity contribution in [3.8, 4) is 5.75 Å². The van der Waals surface area contributed by atoms with E-state index in [0.717, 1.165) is 5.56 Å². The molecule has 0 spiro atoms. The fraction of sp³-hybridized carbons (Fsp3) is 0.273. The van der Waals surface area contributed by atoms with Gasteiger partial charge in [-0.15, -0.1) is 0 Å². The first-order valence-electron chi connectivity index (χ1n) is 4.51. The van der Waals surface area contributed by atoms with E-state index in [-0.39, 0.29) is 5.56 Å². The van der Waals surface area contributed by atoms with Crippen molar-refractivity contribution in [3.63, 3.8) is 0 Å². The molecule has 1 aromatic carbocycles. The Kier molecular flexibility index (Phi) is 3.44. The minimum Gasteiger partial charge on any atom is -0.496 e. The number of carbonyl (C=O) groups is 2. The van der Waals surface area contributed by atoms with Crippen molar-refractivity contribution in [2.45, 2.75) is 6.92 Å². The molecule has 1 amide bonds. The van der Waals surface area contributed by atoms with Crippen LogP contribution in [0.15, 0.2) is 18.2 Å². The van der Waals surface area contributed by atoms with Gasteiger partial charge in [-0.05, 0) is 19.1 Å². The molecule has 4 nitrogen and oxygen atoms in total. The standard InChI is InChI=1S/C11H13NO3/c1-7-4-5-9(15-3)8(6-7)10(13)11(14)12-2/h4-6H,1-3H3,(H,12,14). The monoisotopic (exact) mass is 207 g/mol. The number of hydrogen-bond acceptors (Lipinski definition) is 3. The van der Waals surface area contributed by atoms with Gasteiger partial charge in [0.25, 0.3) is 11.7 Å².